The van der Waals surface area contributed by atoms with Crippen LogP contribution in [-0.2, 0) is 9.59 Å². The summed E-state index contributed by atoms with van der Waals surface area (Å²) in [5.41, 5.74) is 4.94. The SMILES string of the molecule is NC(=O)/C=C(\C(=O)O)N1CCCCC1. The zero-order valence-corrected chi connectivity index (χ0v) is 7.90. The van der Waals surface area contributed by atoms with Crippen LogP contribution >= 0.6 is 0 Å². The number of carbonyl (C=O) groups is 2. The van der Waals surface area contributed by atoms with E-state index in [0.29, 0.717) is 13.1 Å². The summed E-state index contributed by atoms with van der Waals surface area (Å²) in [5, 5.41) is 8.86. The van der Waals surface area contributed by atoms with Crippen molar-refractivity contribution in [2.75, 3.05) is 13.1 Å². The van der Waals surface area contributed by atoms with Gasteiger partial charge in [0.1, 0.15) is 5.70 Å². The lowest BCUT2D eigenvalue weighted by Crippen LogP contribution is -2.33. The number of rotatable bonds is 3. The highest BCUT2D eigenvalue weighted by atomic mass is 16.4. The first-order chi connectivity index (χ1) is 6.61. The van der Waals surface area contributed by atoms with Crippen molar-refractivity contribution >= 4 is 11.9 Å². The van der Waals surface area contributed by atoms with Crippen molar-refractivity contribution in [1.82, 2.24) is 4.90 Å². The minimum atomic E-state index is -1.09. The molecule has 0 aromatic rings. The van der Waals surface area contributed by atoms with Gasteiger partial charge in [-0.25, -0.2) is 4.79 Å². The first-order valence-electron chi connectivity index (χ1n) is 4.60. The maximum absolute atomic E-state index is 10.8. The topological polar surface area (TPSA) is 83.6 Å². The molecule has 0 unspecified atom stereocenters. The molecule has 0 bridgehead atoms. The Morgan fingerprint density at radius 1 is 1.21 bits per heavy atom. The molecule has 1 aliphatic heterocycles. The van der Waals surface area contributed by atoms with Gasteiger partial charge in [0.15, 0.2) is 0 Å². The molecule has 0 atom stereocenters. The molecule has 1 fully saturated rings. The maximum atomic E-state index is 10.8. The molecule has 5 nitrogen and oxygen atoms in total. The van der Waals surface area contributed by atoms with Crippen LogP contribution in [0.25, 0.3) is 0 Å². The molecule has 1 amide bonds. The van der Waals surface area contributed by atoms with Crippen LogP contribution in [0.2, 0.25) is 0 Å². The number of nitrogens with zero attached hydrogens (tertiary/aromatic N) is 1. The van der Waals surface area contributed by atoms with E-state index < -0.39 is 11.9 Å². The summed E-state index contributed by atoms with van der Waals surface area (Å²) in [6.45, 7) is 1.37. The van der Waals surface area contributed by atoms with Crippen molar-refractivity contribution in [2.45, 2.75) is 19.3 Å². The Morgan fingerprint density at radius 3 is 2.21 bits per heavy atom. The summed E-state index contributed by atoms with van der Waals surface area (Å²) in [6, 6.07) is 0. The number of carbonyl (C=O) groups excluding carboxylic acids is 1. The summed E-state index contributed by atoms with van der Waals surface area (Å²) in [6.07, 6.45) is 4.01. The van der Waals surface area contributed by atoms with Gasteiger partial charge in [0.05, 0.1) is 0 Å². The number of carboxylic acids is 1. The first kappa shape index (κ1) is 10.6. The zero-order chi connectivity index (χ0) is 10.6. The summed E-state index contributed by atoms with van der Waals surface area (Å²) in [4.78, 5) is 23.1. The molecule has 0 spiro atoms. The molecule has 3 N–H and O–H groups in total. The van der Waals surface area contributed by atoms with Crippen LogP contribution in [0.5, 0.6) is 0 Å². The molecule has 1 aliphatic rings. The molecule has 0 radical (unpaired) electrons. The zero-order valence-electron chi connectivity index (χ0n) is 7.90. The highest BCUT2D eigenvalue weighted by molar-refractivity contribution is 5.96. The van der Waals surface area contributed by atoms with Crippen molar-refractivity contribution in [3.8, 4) is 0 Å². The fourth-order valence-corrected chi connectivity index (χ4v) is 1.56. The summed E-state index contributed by atoms with van der Waals surface area (Å²) < 4.78 is 0. The minimum absolute atomic E-state index is 0.0113. The molecule has 78 valence electrons. The van der Waals surface area contributed by atoms with E-state index in [1.807, 2.05) is 0 Å². The molecule has 0 saturated carbocycles. The van der Waals surface area contributed by atoms with Gasteiger partial charge in [-0.3, -0.25) is 4.79 Å². The molecular weight excluding hydrogens is 184 g/mol. The van der Waals surface area contributed by atoms with Crippen molar-refractivity contribution in [3.63, 3.8) is 0 Å². The third-order valence-corrected chi connectivity index (χ3v) is 2.19. The number of nitrogens with two attached hydrogens (primary N) is 1. The number of carboxylic acid groups (broad SMARTS) is 1. The third kappa shape index (κ3) is 2.76. The van der Waals surface area contributed by atoms with Crippen LogP contribution < -0.4 is 5.73 Å². The predicted octanol–water partition coefficient (Wildman–Crippen LogP) is -0.0739. The largest absolute Gasteiger partial charge is 0.477 e. The Labute approximate surface area is 82.2 Å². The molecule has 1 heterocycles. The number of primary amides is 1. The summed E-state index contributed by atoms with van der Waals surface area (Å²) >= 11 is 0. The van der Waals surface area contributed by atoms with Crippen molar-refractivity contribution < 1.29 is 14.7 Å². The van der Waals surface area contributed by atoms with Crippen LogP contribution in [0, 0.1) is 0 Å². The number of piperidine rings is 1. The van der Waals surface area contributed by atoms with E-state index >= 15 is 0 Å². The van der Waals surface area contributed by atoms with Gasteiger partial charge in [0, 0.05) is 19.2 Å². The van der Waals surface area contributed by atoms with Crippen molar-refractivity contribution in [1.29, 1.82) is 0 Å². The fraction of sp³-hybridized carbons (Fsp3) is 0.556. The van der Waals surface area contributed by atoms with Crippen LogP contribution in [-0.4, -0.2) is 35.0 Å². The van der Waals surface area contributed by atoms with Gasteiger partial charge in [-0.05, 0) is 19.3 Å². The van der Waals surface area contributed by atoms with Crippen molar-refractivity contribution in [3.05, 3.63) is 11.8 Å². The van der Waals surface area contributed by atoms with Gasteiger partial charge in [0.2, 0.25) is 5.91 Å². The number of hydrogen-bond donors (Lipinski definition) is 2. The standard InChI is InChI=1S/C9H14N2O3/c10-8(12)6-7(9(13)14)11-4-2-1-3-5-11/h6H,1-5H2,(H2,10,12)(H,13,14)/b7-6+. The van der Waals surface area contributed by atoms with Gasteiger partial charge < -0.3 is 15.7 Å². The summed E-state index contributed by atoms with van der Waals surface area (Å²) in [7, 11) is 0. The predicted molar refractivity (Wildman–Crippen MR) is 50.3 cm³/mol. The lowest BCUT2D eigenvalue weighted by Gasteiger charge is -2.28. The quantitative estimate of drug-likeness (QED) is 0.621. The van der Waals surface area contributed by atoms with Gasteiger partial charge in [-0.15, -0.1) is 0 Å². The Morgan fingerprint density at radius 2 is 1.79 bits per heavy atom. The van der Waals surface area contributed by atoms with Crippen molar-refractivity contribution in [2.24, 2.45) is 5.73 Å². The Bertz CT molecular complexity index is 267. The van der Waals surface area contributed by atoms with E-state index in [1.54, 1.807) is 4.90 Å². The van der Waals surface area contributed by atoms with E-state index in [2.05, 4.69) is 0 Å². The molecule has 14 heavy (non-hydrogen) atoms. The van der Waals surface area contributed by atoms with Crippen LogP contribution in [0.1, 0.15) is 19.3 Å². The normalized spacial score (nSPS) is 18.0. The number of amides is 1. The molecule has 0 aliphatic carbocycles. The smallest absolute Gasteiger partial charge is 0.352 e. The van der Waals surface area contributed by atoms with Gasteiger partial charge in [-0.1, -0.05) is 0 Å². The highest BCUT2D eigenvalue weighted by Gasteiger charge is 2.19. The first-order valence-corrected chi connectivity index (χ1v) is 4.60. The molecule has 1 saturated heterocycles. The average molecular weight is 198 g/mol. The lowest BCUT2D eigenvalue weighted by molar-refractivity contribution is -0.135. The van der Waals surface area contributed by atoms with Crippen LogP contribution in [0.3, 0.4) is 0 Å². The fourth-order valence-electron chi connectivity index (χ4n) is 1.56. The van der Waals surface area contributed by atoms with E-state index in [9.17, 15) is 9.59 Å². The minimum Gasteiger partial charge on any atom is -0.477 e. The number of aliphatic carboxylic acids is 1. The van der Waals surface area contributed by atoms with E-state index in [1.165, 1.54) is 0 Å². The monoisotopic (exact) mass is 198 g/mol. The van der Waals surface area contributed by atoms with Gasteiger partial charge in [0.25, 0.3) is 0 Å². The summed E-state index contributed by atoms with van der Waals surface area (Å²) in [5.74, 6) is -1.81. The number of likely N-dealkylation sites (tertiary alicyclic amines) is 1. The Hall–Kier alpha value is -1.52. The second-order valence-corrected chi connectivity index (χ2v) is 3.28. The van der Waals surface area contributed by atoms with E-state index in [0.717, 1.165) is 25.3 Å². The average Bonchev–Trinajstić information content (AvgIpc) is 2.15. The molecule has 1 rings (SSSR count). The van der Waals surface area contributed by atoms with Gasteiger partial charge in [-0.2, -0.15) is 0 Å². The number of hydrogen-bond acceptors (Lipinski definition) is 3. The second-order valence-electron chi connectivity index (χ2n) is 3.28. The molecule has 0 aromatic carbocycles. The van der Waals surface area contributed by atoms with Crippen LogP contribution in [0.15, 0.2) is 11.8 Å². The second kappa shape index (κ2) is 4.64. The highest BCUT2D eigenvalue weighted by Crippen LogP contribution is 2.14. The Kier molecular flexibility index (Phi) is 3.50. The van der Waals surface area contributed by atoms with Gasteiger partial charge >= 0.3 is 5.97 Å². The molecule has 0 aromatic heterocycles. The van der Waals surface area contributed by atoms with Crippen LogP contribution in [0.4, 0.5) is 0 Å². The maximum Gasteiger partial charge on any atom is 0.352 e. The third-order valence-electron chi connectivity index (χ3n) is 2.19. The molecular formula is C9H14N2O3. The Balaban J connectivity index is 2.76. The lowest BCUT2D eigenvalue weighted by atomic mass is 10.1. The van der Waals surface area contributed by atoms with E-state index in [4.69, 9.17) is 10.8 Å². The molecule has 5 heteroatoms. The van der Waals surface area contributed by atoms with E-state index in [-0.39, 0.29) is 5.70 Å².